The SMILES string of the molecule is CC1C[N+](C)(C(=O)CCC=O)C1C. The van der Waals surface area contributed by atoms with Gasteiger partial charge in [-0.1, -0.05) is 6.92 Å². The fraction of sp³-hybridized carbons (Fsp3) is 0.800. The lowest BCUT2D eigenvalue weighted by Crippen LogP contribution is -2.69. The zero-order chi connectivity index (χ0) is 10.1. The van der Waals surface area contributed by atoms with Crippen molar-refractivity contribution in [2.75, 3.05) is 13.6 Å². The van der Waals surface area contributed by atoms with E-state index in [0.29, 0.717) is 29.3 Å². The van der Waals surface area contributed by atoms with Crippen LogP contribution in [0.2, 0.25) is 0 Å². The Bertz CT molecular complexity index is 227. The lowest BCUT2D eigenvalue weighted by molar-refractivity contribution is -0.912. The first kappa shape index (κ1) is 10.4. The maximum Gasteiger partial charge on any atom is 0.314 e. The number of hydrogen-bond donors (Lipinski definition) is 0. The lowest BCUT2D eigenvalue weighted by Gasteiger charge is -2.50. The van der Waals surface area contributed by atoms with Crippen molar-refractivity contribution in [3.63, 3.8) is 0 Å². The second-order valence-electron chi connectivity index (χ2n) is 4.27. The normalized spacial score (nSPS) is 38.1. The van der Waals surface area contributed by atoms with E-state index in [1.165, 1.54) is 0 Å². The Morgan fingerprint density at radius 3 is 2.54 bits per heavy atom. The van der Waals surface area contributed by atoms with Gasteiger partial charge in [-0.2, -0.15) is 0 Å². The Labute approximate surface area is 79.3 Å². The molecular formula is C10H18NO2+. The largest absolute Gasteiger partial charge is 0.314 e. The smallest absolute Gasteiger partial charge is 0.303 e. The molecule has 3 nitrogen and oxygen atoms in total. The number of quaternary nitrogens is 1. The number of carbonyl (C=O) groups excluding carboxylic acids is 2. The summed E-state index contributed by atoms with van der Waals surface area (Å²) in [6, 6.07) is 0.416. The maximum atomic E-state index is 11.7. The molecule has 1 amide bonds. The Kier molecular flexibility index (Phi) is 2.86. The Hall–Kier alpha value is -0.700. The van der Waals surface area contributed by atoms with Crippen molar-refractivity contribution in [2.45, 2.75) is 32.7 Å². The predicted octanol–water partition coefficient (Wildman–Crippen LogP) is 0.977. The summed E-state index contributed by atoms with van der Waals surface area (Å²) in [7, 11) is 1.97. The van der Waals surface area contributed by atoms with Gasteiger partial charge >= 0.3 is 5.91 Å². The summed E-state index contributed by atoms with van der Waals surface area (Å²) in [5.41, 5.74) is 0. The fourth-order valence-electron chi connectivity index (χ4n) is 2.11. The summed E-state index contributed by atoms with van der Waals surface area (Å²) >= 11 is 0. The quantitative estimate of drug-likeness (QED) is 0.484. The van der Waals surface area contributed by atoms with E-state index >= 15 is 0 Å². The number of rotatable bonds is 3. The van der Waals surface area contributed by atoms with Gasteiger partial charge in [0.15, 0.2) is 0 Å². The van der Waals surface area contributed by atoms with Gasteiger partial charge in [0.25, 0.3) is 0 Å². The van der Waals surface area contributed by atoms with Crippen molar-refractivity contribution in [1.29, 1.82) is 0 Å². The van der Waals surface area contributed by atoms with Crippen LogP contribution in [0, 0.1) is 5.92 Å². The number of likely N-dealkylation sites (tertiary alicyclic amines) is 1. The topological polar surface area (TPSA) is 34.1 Å². The Morgan fingerprint density at radius 2 is 2.15 bits per heavy atom. The van der Waals surface area contributed by atoms with Crippen molar-refractivity contribution in [3.05, 3.63) is 0 Å². The van der Waals surface area contributed by atoms with Gasteiger partial charge in [-0.05, 0) is 6.92 Å². The van der Waals surface area contributed by atoms with Gasteiger partial charge in [0, 0.05) is 6.42 Å². The van der Waals surface area contributed by atoms with Crippen LogP contribution in [0.25, 0.3) is 0 Å². The summed E-state index contributed by atoms with van der Waals surface area (Å²) in [6.45, 7) is 5.20. The molecule has 0 N–H and O–H groups in total. The molecule has 0 bridgehead atoms. The molecule has 1 fully saturated rings. The minimum Gasteiger partial charge on any atom is -0.303 e. The third kappa shape index (κ3) is 1.66. The van der Waals surface area contributed by atoms with Gasteiger partial charge in [-0.25, -0.2) is 4.79 Å². The van der Waals surface area contributed by atoms with E-state index < -0.39 is 0 Å². The molecule has 13 heavy (non-hydrogen) atoms. The molecular weight excluding hydrogens is 166 g/mol. The van der Waals surface area contributed by atoms with E-state index in [1.807, 2.05) is 7.05 Å². The first-order chi connectivity index (χ1) is 6.02. The highest BCUT2D eigenvalue weighted by Crippen LogP contribution is 2.32. The van der Waals surface area contributed by atoms with Crippen LogP contribution in [0.1, 0.15) is 26.7 Å². The molecule has 1 aliphatic heterocycles. The average molecular weight is 184 g/mol. The second-order valence-corrected chi connectivity index (χ2v) is 4.27. The van der Waals surface area contributed by atoms with Gasteiger partial charge in [-0.15, -0.1) is 0 Å². The van der Waals surface area contributed by atoms with Crippen molar-refractivity contribution >= 4 is 12.2 Å². The maximum absolute atomic E-state index is 11.7. The molecule has 3 heteroatoms. The molecule has 3 atom stereocenters. The van der Waals surface area contributed by atoms with Crippen LogP contribution >= 0.6 is 0 Å². The number of carbonyl (C=O) groups is 2. The third-order valence-electron chi connectivity index (χ3n) is 3.44. The molecule has 1 aliphatic rings. The molecule has 0 spiro atoms. The molecule has 0 aliphatic carbocycles. The van der Waals surface area contributed by atoms with Crippen LogP contribution in [0.5, 0.6) is 0 Å². The predicted molar refractivity (Wildman–Crippen MR) is 50.0 cm³/mol. The molecule has 0 aromatic rings. The van der Waals surface area contributed by atoms with E-state index in [1.54, 1.807) is 0 Å². The van der Waals surface area contributed by atoms with Crippen LogP contribution in [0.3, 0.4) is 0 Å². The van der Waals surface area contributed by atoms with Crippen LogP contribution in [0.15, 0.2) is 0 Å². The Morgan fingerprint density at radius 1 is 1.54 bits per heavy atom. The van der Waals surface area contributed by atoms with Gasteiger partial charge in [-0.3, -0.25) is 4.48 Å². The molecule has 1 saturated heterocycles. The van der Waals surface area contributed by atoms with Gasteiger partial charge in [0.05, 0.1) is 25.9 Å². The molecule has 3 unspecified atom stereocenters. The van der Waals surface area contributed by atoms with Crippen molar-refractivity contribution in [2.24, 2.45) is 5.92 Å². The van der Waals surface area contributed by atoms with E-state index in [2.05, 4.69) is 13.8 Å². The highest BCUT2D eigenvalue weighted by molar-refractivity contribution is 5.72. The van der Waals surface area contributed by atoms with Crippen molar-refractivity contribution in [1.82, 2.24) is 0 Å². The highest BCUT2D eigenvalue weighted by Gasteiger charge is 2.50. The van der Waals surface area contributed by atoms with E-state index in [4.69, 9.17) is 0 Å². The fourth-order valence-corrected chi connectivity index (χ4v) is 2.11. The van der Waals surface area contributed by atoms with Crippen LogP contribution in [-0.4, -0.2) is 36.3 Å². The zero-order valence-electron chi connectivity index (χ0n) is 8.62. The number of aldehydes is 1. The monoisotopic (exact) mass is 184 g/mol. The van der Waals surface area contributed by atoms with E-state index in [9.17, 15) is 9.59 Å². The van der Waals surface area contributed by atoms with E-state index in [-0.39, 0.29) is 5.91 Å². The molecule has 74 valence electrons. The Balaban J connectivity index is 2.51. The first-order valence-corrected chi connectivity index (χ1v) is 4.84. The highest BCUT2D eigenvalue weighted by atomic mass is 16.2. The molecule has 1 heterocycles. The summed E-state index contributed by atoms with van der Waals surface area (Å²) in [4.78, 5) is 21.8. The van der Waals surface area contributed by atoms with Crippen LogP contribution in [0.4, 0.5) is 0 Å². The van der Waals surface area contributed by atoms with Crippen LogP contribution < -0.4 is 0 Å². The number of amides is 1. The zero-order valence-corrected chi connectivity index (χ0v) is 8.62. The summed E-state index contributed by atoms with van der Waals surface area (Å²) in [5, 5.41) is 0. The minimum atomic E-state index is 0.206. The van der Waals surface area contributed by atoms with Gasteiger partial charge in [0.2, 0.25) is 0 Å². The standard InChI is InChI=1S/C10H18NO2/c1-8-7-11(3,9(8)2)10(13)5-4-6-12/h6,8-9H,4-5,7H2,1-3H3/q+1. The number of nitrogens with zero attached hydrogens (tertiary/aromatic N) is 1. The first-order valence-electron chi connectivity index (χ1n) is 4.84. The minimum absolute atomic E-state index is 0.206. The summed E-state index contributed by atoms with van der Waals surface area (Å²) in [6.07, 6.45) is 1.59. The van der Waals surface area contributed by atoms with Crippen LogP contribution in [-0.2, 0) is 9.59 Å². The molecule has 0 saturated carbocycles. The average Bonchev–Trinajstić information content (AvgIpc) is 2.13. The van der Waals surface area contributed by atoms with E-state index in [0.717, 1.165) is 12.8 Å². The number of hydrogen-bond acceptors (Lipinski definition) is 2. The van der Waals surface area contributed by atoms with Crippen molar-refractivity contribution < 1.29 is 14.1 Å². The molecule has 1 rings (SSSR count). The molecule has 0 aromatic carbocycles. The van der Waals surface area contributed by atoms with Crippen molar-refractivity contribution in [3.8, 4) is 0 Å². The van der Waals surface area contributed by atoms with Gasteiger partial charge in [0.1, 0.15) is 12.3 Å². The summed E-state index contributed by atoms with van der Waals surface area (Å²) in [5.74, 6) is 0.836. The molecule has 0 radical (unpaired) electrons. The third-order valence-corrected chi connectivity index (χ3v) is 3.44. The van der Waals surface area contributed by atoms with Gasteiger partial charge < -0.3 is 4.79 Å². The second kappa shape index (κ2) is 3.58. The lowest BCUT2D eigenvalue weighted by atomic mass is 9.87. The molecule has 0 aromatic heterocycles. The summed E-state index contributed by atoms with van der Waals surface area (Å²) < 4.78 is 0.523.